The molecule has 7 heteroatoms. The molecular formula is C17H15F2N3O2. The summed E-state index contributed by atoms with van der Waals surface area (Å²) in [6.07, 6.45) is 1.24. The highest BCUT2D eigenvalue weighted by Gasteiger charge is 2.22. The molecule has 2 aromatic heterocycles. The summed E-state index contributed by atoms with van der Waals surface area (Å²) < 4.78 is 28.6. The number of benzene rings is 1. The molecule has 0 saturated carbocycles. The first-order valence-electron chi connectivity index (χ1n) is 7.37. The molecule has 0 fully saturated rings. The lowest BCUT2D eigenvalue weighted by Gasteiger charge is -2.11. The zero-order valence-electron chi connectivity index (χ0n) is 13.3. The fourth-order valence-electron chi connectivity index (χ4n) is 2.87. The van der Waals surface area contributed by atoms with Gasteiger partial charge in [0.1, 0.15) is 11.6 Å². The number of hydrogen-bond acceptors (Lipinski definition) is 3. The number of carboxylic acid groups (broad SMARTS) is 1. The van der Waals surface area contributed by atoms with Crippen LogP contribution in [0, 0.1) is 18.6 Å². The summed E-state index contributed by atoms with van der Waals surface area (Å²) >= 11 is 0. The number of fused-ring (bicyclic) bond motifs is 1. The van der Waals surface area contributed by atoms with E-state index in [9.17, 15) is 18.7 Å². The summed E-state index contributed by atoms with van der Waals surface area (Å²) in [4.78, 5) is 15.9. The predicted octanol–water partition coefficient (Wildman–Crippen LogP) is 3.80. The number of halogens is 2. The van der Waals surface area contributed by atoms with Gasteiger partial charge in [-0.3, -0.25) is 0 Å². The van der Waals surface area contributed by atoms with Gasteiger partial charge < -0.3 is 5.11 Å². The number of carbonyl (C=O) groups is 1. The highest BCUT2D eigenvalue weighted by molar-refractivity contribution is 5.91. The van der Waals surface area contributed by atoms with Gasteiger partial charge in [-0.25, -0.2) is 23.1 Å². The molecule has 3 aromatic rings. The SMILES string of the molecule is Cc1nc2c(C(C)C)c(C(=O)O)cnn2c1-c1cc(F)cc(F)c1. The minimum atomic E-state index is -1.09. The molecule has 0 spiro atoms. The standard InChI is InChI=1S/C17H15F2N3O2/c1-8(2)14-13(17(23)24)7-20-22-15(9(3)21-16(14)22)10-4-11(18)6-12(19)5-10/h4-8H,1-3H3,(H,23,24). The van der Waals surface area contributed by atoms with Crippen LogP contribution in [0.2, 0.25) is 0 Å². The van der Waals surface area contributed by atoms with Gasteiger partial charge in [-0.15, -0.1) is 0 Å². The lowest BCUT2D eigenvalue weighted by atomic mass is 10.00. The van der Waals surface area contributed by atoms with Crippen LogP contribution in [0.3, 0.4) is 0 Å². The molecule has 0 atom stereocenters. The van der Waals surface area contributed by atoms with E-state index in [1.165, 1.54) is 22.8 Å². The third-order valence-electron chi connectivity index (χ3n) is 3.81. The van der Waals surface area contributed by atoms with Crippen LogP contribution < -0.4 is 0 Å². The number of imidazole rings is 1. The van der Waals surface area contributed by atoms with Gasteiger partial charge in [-0.1, -0.05) is 13.8 Å². The fourth-order valence-corrected chi connectivity index (χ4v) is 2.87. The van der Waals surface area contributed by atoms with Gasteiger partial charge in [-0.2, -0.15) is 5.10 Å². The quantitative estimate of drug-likeness (QED) is 0.792. The summed E-state index contributed by atoms with van der Waals surface area (Å²) in [5.41, 5.74) is 2.22. The van der Waals surface area contributed by atoms with Crippen LogP contribution in [0.1, 0.15) is 41.4 Å². The maximum absolute atomic E-state index is 13.6. The summed E-state index contributed by atoms with van der Waals surface area (Å²) in [5.74, 6) is -2.61. The Balaban J connectivity index is 2.38. The molecule has 0 aliphatic carbocycles. The average Bonchev–Trinajstić information content (AvgIpc) is 2.80. The van der Waals surface area contributed by atoms with E-state index in [0.29, 0.717) is 28.2 Å². The Morgan fingerprint density at radius 2 is 1.83 bits per heavy atom. The van der Waals surface area contributed by atoms with Crippen molar-refractivity contribution in [1.29, 1.82) is 0 Å². The Morgan fingerprint density at radius 3 is 2.38 bits per heavy atom. The second-order valence-electron chi connectivity index (χ2n) is 5.87. The Hall–Kier alpha value is -2.83. The van der Waals surface area contributed by atoms with Gasteiger partial charge in [0.2, 0.25) is 0 Å². The van der Waals surface area contributed by atoms with Crippen molar-refractivity contribution in [2.75, 3.05) is 0 Å². The normalized spacial score (nSPS) is 11.4. The Kier molecular flexibility index (Phi) is 3.79. The maximum Gasteiger partial charge on any atom is 0.337 e. The van der Waals surface area contributed by atoms with Gasteiger partial charge in [0.15, 0.2) is 5.65 Å². The molecule has 0 radical (unpaired) electrons. The van der Waals surface area contributed by atoms with E-state index >= 15 is 0 Å². The Labute approximate surface area is 136 Å². The number of aryl methyl sites for hydroxylation is 1. The lowest BCUT2D eigenvalue weighted by molar-refractivity contribution is 0.0694. The molecular weight excluding hydrogens is 316 g/mol. The minimum Gasteiger partial charge on any atom is -0.478 e. The van der Waals surface area contributed by atoms with E-state index in [-0.39, 0.29) is 11.5 Å². The molecule has 0 saturated heterocycles. The first-order valence-corrected chi connectivity index (χ1v) is 7.37. The minimum absolute atomic E-state index is 0.0690. The smallest absolute Gasteiger partial charge is 0.337 e. The molecule has 0 aliphatic rings. The van der Waals surface area contributed by atoms with Crippen molar-refractivity contribution < 1.29 is 18.7 Å². The van der Waals surface area contributed by atoms with Crippen LogP contribution in [-0.4, -0.2) is 25.7 Å². The zero-order valence-corrected chi connectivity index (χ0v) is 13.3. The van der Waals surface area contributed by atoms with E-state index in [4.69, 9.17) is 0 Å². The van der Waals surface area contributed by atoms with Crippen molar-refractivity contribution in [3.8, 4) is 11.3 Å². The van der Waals surface area contributed by atoms with Crippen LogP contribution >= 0.6 is 0 Å². The molecule has 0 unspecified atom stereocenters. The number of nitrogens with zero attached hydrogens (tertiary/aromatic N) is 3. The highest BCUT2D eigenvalue weighted by Crippen LogP contribution is 2.30. The molecule has 1 aromatic carbocycles. The number of carboxylic acids is 1. The molecule has 0 aliphatic heterocycles. The van der Waals surface area contributed by atoms with Crippen LogP contribution in [0.5, 0.6) is 0 Å². The third-order valence-corrected chi connectivity index (χ3v) is 3.81. The molecule has 0 amide bonds. The van der Waals surface area contributed by atoms with E-state index < -0.39 is 17.6 Å². The van der Waals surface area contributed by atoms with Crippen molar-refractivity contribution >= 4 is 11.6 Å². The third kappa shape index (κ3) is 2.51. The van der Waals surface area contributed by atoms with Crippen molar-refractivity contribution in [2.24, 2.45) is 0 Å². The van der Waals surface area contributed by atoms with Gasteiger partial charge >= 0.3 is 5.97 Å². The second kappa shape index (κ2) is 5.67. The summed E-state index contributed by atoms with van der Waals surface area (Å²) in [5, 5.41) is 13.5. The topological polar surface area (TPSA) is 67.5 Å². The van der Waals surface area contributed by atoms with Gasteiger partial charge in [0, 0.05) is 17.2 Å². The van der Waals surface area contributed by atoms with Crippen molar-refractivity contribution in [3.05, 3.63) is 52.9 Å². The van der Waals surface area contributed by atoms with Crippen LogP contribution in [0.15, 0.2) is 24.4 Å². The van der Waals surface area contributed by atoms with Crippen LogP contribution in [0.25, 0.3) is 16.9 Å². The zero-order chi connectivity index (χ0) is 17.6. The molecule has 2 heterocycles. The molecule has 1 N–H and O–H groups in total. The summed E-state index contributed by atoms with van der Waals surface area (Å²) in [7, 11) is 0. The van der Waals surface area contributed by atoms with E-state index in [0.717, 1.165) is 6.07 Å². The van der Waals surface area contributed by atoms with Crippen molar-refractivity contribution in [3.63, 3.8) is 0 Å². The highest BCUT2D eigenvalue weighted by atomic mass is 19.1. The largest absolute Gasteiger partial charge is 0.478 e. The maximum atomic E-state index is 13.6. The first-order chi connectivity index (χ1) is 11.3. The molecule has 5 nitrogen and oxygen atoms in total. The van der Waals surface area contributed by atoms with E-state index in [2.05, 4.69) is 10.1 Å². The number of rotatable bonds is 3. The molecule has 24 heavy (non-hydrogen) atoms. The van der Waals surface area contributed by atoms with Gasteiger partial charge in [-0.05, 0) is 25.0 Å². The molecule has 124 valence electrons. The van der Waals surface area contributed by atoms with Crippen LogP contribution in [0.4, 0.5) is 8.78 Å². The number of aromatic carboxylic acids is 1. The Morgan fingerprint density at radius 1 is 1.21 bits per heavy atom. The van der Waals surface area contributed by atoms with Gasteiger partial charge in [0.05, 0.1) is 23.1 Å². The Bertz CT molecular complexity index is 944. The van der Waals surface area contributed by atoms with Crippen LogP contribution in [-0.2, 0) is 0 Å². The predicted molar refractivity (Wildman–Crippen MR) is 84.1 cm³/mol. The number of aromatic nitrogens is 3. The first kappa shape index (κ1) is 16.0. The fraction of sp³-hybridized carbons (Fsp3) is 0.235. The molecule has 0 bridgehead atoms. The van der Waals surface area contributed by atoms with Crippen molar-refractivity contribution in [2.45, 2.75) is 26.7 Å². The summed E-state index contributed by atoms with van der Waals surface area (Å²) in [6, 6.07) is 3.18. The monoisotopic (exact) mass is 331 g/mol. The summed E-state index contributed by atoms with van der Waals surface area (Å²) in [6.45, 7) is 5.40. The second-order valence-corrected chi connectivity index (χ2v) is 5.87. The lowest BCUT2D eigenvalue weighted by Crippen LogP contribution is -2.09. The van der Waals surface area contributed by atoms with Gasteiger partial charge in [0.25, 0.3) is 0 Å². The molecule has 3 rings (SSSR count). The van der Waals surface area contributed by atoms with E-state index in [1.54, 1.807) is 6.92 Å². The number of hydrogen-bond donors (Lipinski definition) is 1. The van der Waals surface area contributed by atoms with E-state index in [1.807, 2.05) is 13.8 Å². The average molecular weight is 331 g/mol. The van der Waals surface area contributed by atoms with Crippen molar-refractivity contribution in [1.82, 2.24) is 14.6 Å².